The molecule has 29 heavy (non-hydrogen) atoms. The minimum absolute atomic E-state index is 0.0833. The summed E-state index contributed by atoms with van der Waals surface area (Å²) in [6, 6.07) is 6.09. The molecule has 0 saturated carbocycles. The largest absolute Gasteiger partial charge is 0.358 e. The molecular formula is C23H32N4O2. The number of aromatic nitrogens is 1. The number of carbonyl (C=O) groups excluding carboxylic acids is 2. The Labute approximate surface area is 172 Å². The zero-order chi connectivity index (χ0) is 20.2. The number of nitrogens with zero attached hydrogens (tertiary/aromatic N) is 2. The fraction of sp³-hybridized carbons (Fsp3) is 0.565. The van der Waals surface area contributed by atoms with Crippen LogP contribution in [0.5, 0.6) is 0 Å². The van der Waals surface area contributed by atoms with Crippen LogP contribution in [0.15, 0.2) is 18.2 Å². The van der Waals surface area contributed by atoms with Crippen LogP contribution in [0.2, 0.25) is 0 Å². The van der Waals surface area contributed by atoms with Crippen molar-refractivity contribution in [2.24, 2.45) is 0 Å². The van der Waals surface area contributed by atoms with Crippen LogP contribution in [-0.2, 0) is 17.6 Å². The molecule has 4 rings (SSSR count). The number of nitrogens with one attached hydrogen (secondary N) is 2. The number of fused-ring (bicyclic) bond motifs is 3. The topological polar surface area (TPSA) is 68.4 Å². The van der Waals surface area contributed by atoms with Crippen LogP contribution in [0, 0.1) is 0 Å². The van der Waals surface area contributed by atoms with E-state index in [1.807, 2.05) is 17.0 Å². The highest BCUT2D eigenvalue weighted by molar-refractivity contribution is 6.06. The third kappa shape index (κ3) is 4.32. The molecule has 2 amide bonds. The normalized spacial score (nSPS) is 17.3. The number of hydrogen-bond acceptors (Lipinski definition) is 3. The number of piperazine rings is 1. The molecule has 2 N–H and O–H groups in total. The highest BCUT2D eigenvalue weighted by Gasteiger charge is 2.26. The fourth-order valence-corrected chi connectivity index (χ4v) is 4.55. The van der Waals surface area contributed by atoms with Gasteiger partial charge in [-0.05, 0) is 43.7 Å². The van der Waals surface area contributed by atoms with Gasteiger partial charge in [0.15, 0.2) is 0 Å². The number of unbranched alkanes of at least 4 members (excludes halogenated alkanes) is 1. The number of para-hydroxylation sites is 1. The Hall–Kier alpha value is -2.34. The summed E-state index contributed by atoms with van der Waals surface area (Å²) in [5, 5.41) is 4.18. The smallest absolute Gasteiger partial charge is 0.256 e. The van der Waals surface area contributed by atoms with Crippen molar-refractivity contribution < 1.29 is 9.59 Å². The Kier molecular flexibility index (Phi) is 6.19. The van der Waals surface area contributed by atoms with Gasteiger partial charge in [-0.2, -0.15) is 0 Å². The maximum Gasteiger partial charge on any atom is 0.256 e. The summed E-state index contributed by atoms with van der Waals surface area (Å²) >= 11 is 0. The molecule has 0 unspecified atom stereocenters. The zero-order valence-electron chi connectivity index (χ0n) is 17.4. The van der Waals surface area contributed by atoms with E-state index in [0.29, 0.717) is 19.6 Å². The van der Waals surface area contributed by atoms with E-state index in [1.165, 1.54) is 29.5 Å². The van der Waals surface area contributed by atoms with E-state index in [1.54, 1.807) is 0 Å². The van der Waals surface area contributed by atoms with Crippen molar-refractivity contribution in [2.75, 3.05) is 39.3 Å². The van der Waals surface area contributed by atoms with Gasteiger partial charge in [-0.25, -0.2) is 0 Å². The van der Waals surface area contributed by atoms with Gasteiger partial charge in [-0.3, -0.25) is 14.5 Å². The molecule has 0 bridgehead atoms. The van der Waals surface area contributed by atoms with E-state index in [9.17, 15) is 9.59 Å². The van der Waals surface area contributed by atoms with E-state index in [2.05, 4.69) is 28.2 Å². The number of rotatable bonds is 6. The highest BCUT2D eigenvalue weighted by Crippen LogP contribution is 2.31. The molecule has 0 atom stereocenters. The van der Waals surface area contributed by atoms with E-state index >= 15 is 0 Å². The maximum absolute atomic E-state index is 13.2. The fourth-order valence-electron chi connectivity index (χ4n) is 4.55. The van der Waals surface area contributed by atoms with Crippen molar-refractivity contribution in [2.45, 2.75) is 45.4 Å². The monoisotopic (exact) mass is 396 g/mol. The summed E-state index contributed by atoms with van der Waals surface area (Å²) in [5.74, 6) is 0.182. The van der Waals surface area contributed by atoms with E-state index in [-0.39, 0.29) is 11.8 Å². The molecule has 1 aliphatic heterocycles. The average molecular weight is 397 g/mol. The summed E-state index contributed by atoms with van der Waals surface area (Å²) < 4.78 is 0. The SMILES string of the molecule is CCCCNC(=O)CN1CCN(C(=O)c2cccc3c4c([nH]c23)CCCC4)CC1. The molecule has 2 aliphatic rings. The number of aromatic amines is 1. The molecule has 2 heterocycles. The van der Waals surface area contributed by atoms with Gasteiger partial charge in [0.05, 0.1) is 17.6 Å². The molecule has 156 valence electrons. The standard InChI is InChI=1S/C23H32N4O2/c1-2-3-11-24-21(28)16-26-12-14-27(15-13-26)23(29)19-9-6-8-18-17-7-4-5-10-20(17)25-22(18)19/h6,8-9,25H,2-5,7,10-16H2,1H3,(H,24,28). The van der Waals surface area contributed by atoms with Crippen molar-refractivity contribution in [3.8, 4) is 0 Å². The van der Waals surface area contributed by atoms with Crippen molar-refractivity contribution >= 4 is 22.7 Å². The number of aryl methyl sites for hydroxylation is 2. The molecular weight excluding hydrogens is 364 g/mol. The molecule has 1 aliphatic carbocycles. The summed E-state index contributed by atoms with van der Waals surface area (Å²) in [4.78, 5) is 32.9. The van der Waals surface area contributed by atoms with E-state index in [0.717, 1.165) is 56.4 Å². The quantitative estimate of drug-likeness (QED) is 0.738. The summed E-state index contributed by atoms with van der Waals surface area (Å²) in [6.45, 7) is 6.10. The van der Waals surface area contributed by atoms with Crippen LogP contribution < -0.4 is 5.32 Å². The van der Waals surface area contributed by atoms with Crippen LogP contribution >= 0.6 is 0 Å². The Balaban J connectivity index is 1.39. The highest BCUT2D eigenvalue weighted by atomic mass is 16.2. The van der Waals surface area contributed by atoms with Crippen molar-refractivity contribution in [3.05, 3.63) is 35.0 Å². The molecule has 1 aromatic heterocycles. The number of hydrogen-bond donors (Lipinski definition) is 2. The Morgan fingerprint density at radius 1 is 1.10 bits per heavy atom. The summed E-state index contributed by atoms with van der Waals surface area (Å²) in [5.41, 5.74) is 4.50. The van der Waals surface area contributed by atoms with Gasteiger partial charge < -0.3 is 15.2 Å². The van der Waals surface area contributed by atoms with Crippen LogP contribution in [0.1, 0.15) is 54.2 Å². The Bertz CT molecular complexity index is 880. The first-order valence-corrected chi connectivity index (χ1v) is 11.1. The second kappa shape index (κ2) is 8.99. The lowest BCUT2D eigenvalue weighted by molar-refractivity contribution is -0.122. The second-order valence-corrected chi connectivity index (χ2v) is 8.29. The van der Waals surface area contributed by atoms with Crippen LogP contribution in [0.4, 0.5) is 0 Å². The molecule has 6 heteroatoms. The van der Waals surface area contributed by atoms with Crippen LogP contribution in [0.25, 0.3) is 10.9 Å². The second-order valence-electron chi connectivity index (χ2n) is 8.29. The van der Waals surface area contributed by atoms with Crippen LogP contribution in [-0.4, -0.2) is 65.9 Å². The van der Waals surface area contributed by atoms with Crippen molar-refractivity contribution in [1.29, 1.82) is 0 Å². The van der Waals surface area contributed by atoms with Gasteiger partial charge >= 0.3 is 0 Å². The predicted molar refractivity (Wildman–Crippen MR) is 115 cm³/mol. The van der Waals surface area contributed by atoms with Gasteiger partial charge in [0, 0.05) is 43.8 Å². The molecule has 1 aromatic carbocycles. The number of benzene rings is 1. The lowest BCUT2D eigenvalue weighted by Gasteiger charge is -2.34. The summed E-state index contributed by atoms with van der Waals surface area (Å²) in [6.07, 6.45) is 6.73. The molecule has 0 radical (unpaired) electrons. The molecule has 6 nitrogen and oxygen atoms in total. The van der Waals surface area contributed by atoms with E-state index < -0.39 is 0 Å². The van der Waals surface area contributed by atoms with Gasteiger partial charge in [-0.1, -0.05) is 25.5 Å². The predicted octanol–water partition coefficient (Wildman–Crippen LogP) is 2.72. The van der Waals surface area contributed by atoms with Gasteiger partial charge in [-0.15, -0.1) is 0 Å². The lowest BCUT2D eigenvalue weighted by Crippen LogP contribution is -2.51. The minimum atomic E-state index is 0.0833. The Morgan fingerprint density at radius 3 is 2.69 bits per heavy atom. The van der Waals surface area contributed by atoms with E-state index in [4.69, 9.17) is 0 Å². The molecule has 1 saturated heterocycles. The first-order chi connectivity index (χ1) is 14.2. The first-order valence-electron chi connectivity index (χ1n) is 11.1. The van der Waals surface area contributed by atoms with Gasteiger partial charge in [0.1, 0.15) is 0 Å². The van der Waals surface area contributed by atoms with Crippen molar-refractivity contribution in [3.63, 3.8) is 0 Å². The van der Waals surface area contributed by atoms with Gasteiger partial charge in [0.25, 0.3) is 5.91 Å². The molecule has 1 fully saturated rings. The van der Waals surface area contributed by atoms with Crippen LogP contribution in [0.3, 0.4) is 0 Å². The summed E-state index contributed by atoms with van der Waals surface area (Å²) in [7, 11) is 0. The Morgan fingerprint density at radius 2 is 1.90 bits per heavy atom. The average Bonchev–Trinajstić information content (AvgIpc) is 3.13. The number of H-pyrrole nitrogens is 1. The zero-order valence-corrected chi connectivity index (χ0v) is 17.4. The van der Waals surface area contributed by atoms with Gasteiger partial charge in [0.2, 0.25) is 5.91 Å². The number of amides is 2. The third-order valence-corrected chi connectivity index (χ3v) is 6.24. The third-order valence-electron chi connectivity index (χ3n) is 6.24. The molecule has 0 spiro atoms. The van der Waals surface area contributed by atoms with Crippen molar-refractivity contribution in [1.82, 2.24) is 20.1 Å². The first kappa shape index (κ1) is 20.0. The minimum Gasteiger partial charge on any atom is -0.358 e. The lowest BCUT2D eigenvalue weighted by atomic mass is 9.95. The number of carbonyl (C=O) groups is 2. The maximum atomic E-state index is 13.2. The molecule has 2 aromatic rings.